The van der Waals surface area contributed by atoms with Crippen LogP contribution < -0.4 is 15.4 Å². The standard InChI is InChI=1S/C24H23N3O3/c28-23(27-20-4-3-13-25-15-20)19-11-9-17(10-12-19)14-26-24(29)21-5-1-2-6-22(21)30-16-18-7-8-18/h1-6,9-13,15,18H,7-8,14,16H2,(H,26,29)(H,27,28). The van der Waals surface area contributed by atoms with Crippen molar-refractivity contribution in [1.29, 1.82) is 0 Å². The molecule has 30 heavy (non-hydrogen) atoms. The first-order valence-electron chi connectivity index (χ1n) is 9.99. The number of pyridine rings is 1. The highest BCUT2D eigenvalue weighted by Gasteiger charge is 2.23. The molecule has 1 fully saturated rings. The van der Waals surface area contributed by atoms with Crippen molar-refractivity contribution >= 4 is 17.5 Å². The van der Waals surface area contributed by atoms with Gasteiger partial charge >= 0.3 is 0 Å². The first-order valence-corrected chi connectivity index (χ1v) is 9.99. The molecular weight excluding hydrogens is 378 g/mol. The smallest absolute Gasteiger partial charge is 0.255 e. The van der Waals surface area contributed by atoms with Crippen molar-refractivity contribution in [3.8, 4) is 5.75 Å². The average molecular weight is 401 g/mol. The molecule has 0 aliphatic heterocycles. The predicted octanol–water partition coefficient (Wildman–Crippen LogP) is 4.05. The van der Waals surface area contributed by atoms with Crippen LogP contribution in [0.25, 0.3) is 0 Å². The van der Waals surface area contributed by atoms with E-state index in [4.69, 9.17) is 4.74 Å². The molecule has 0 radical (unpaired) electrons. The molecule has 152 valence electrons. The van der Waals surface area contributed by atoms with E-state index in [1.54, 1.807) is 42.7 Å². The highest BCUT2D eigenvalue weighted by molar-refractivity contribution is 6.04. The van der Waals surface area contributed by atoms with E-state index in [1.807, 2.05) is 30.3 Å². The second-order valence-electron chi connectivity index (χ2n) is 7.33. The lowest BCUT2D eigenvalue weighted by molar-refractivity contribution is 0.0945. The van der Waals surface area contributed by atoms with Crippen molar-refractivity contribution in [3.63, 3.8) is 0 Å². The Morgan fingerprint density at radius 2 is 1.77 bits per heavy atom. The van der Waals surface area contributed by atoms with Crippen molar-refractivity contribution in [2.24, 2.45) is 5.92 Å². The minimum absolute atomic E-state index is 0.181. The second kappa shape index (κ2) is 9.22. The summed E-state index contributed by atoms with van der Waals surface area (Å²) in [5.41, 5.74) is 2.61. The summed E-state index contributed by atoms with van der Waals surface area (Å²) in [4.78, 5) is 28.9. The number of ether oxygens (including phenoxy) is 1. The van der Waals surface area contributed by atoms with Gasteiger partial charge in [-0.2, -0.15) is 0 Å². The molecule has 2 N–H and O–H groups in total. The van der Waals surface area contributed by atoms with Crippen molar-refractivity contribution in [3.05, 3.63) is 89.7 Å². The summed E-state index contributed by atoms with van der Waals surface area (Å²) >= 11 is 0. The molecular formula is C24H23N3O3. The highest BCUT2D eigenvalue weighted by atomic mass is 16.5. The quantitative estimate of drug-likeness (QED) is 0.597. The van der Waals surface area contributed by atoms with Gasteiger partial charge in [-0.25, -0.2) is 0 Å². The molecule has 2 amide bonds. The van der Waals surface area contributed by atoms with Gasteiger partial charge < -0.3 is 15.4 Å². The second-order valence-corrected chi connectivity index (χ2v) is 7.33. The lowest BCUT2D eigenvalue weighted by atomic mass is 10.1. The molecule has 1 saturated carbocycles. The van der Waals surface area contributed by atoms with E-state index >= 15 is 0 Å². The normalized spacial score (nSPS) is 12.8. The number of nitrogens with one attached hydrogen (secondary N) is 2. The molecule has 1 aromatic heterocycles. The summed E-state index contributed by atoms with van der Waals surface area (Å²) < 4.78 is 5.82. The van der Waals surface area contributed by atoms with E-state index in [0.29, 0.717) is 41.6 Å². The Hall–Kier alpha value is -3.67. The monoisotopic (exact) mass is 401 g/mol. The van der Waals surface area contributed by atoms with Crippen LogP contribution in [0, 0.1) is 5.92 Å². The number of nitrogens with zero attached hydrogens (tertiary/aromatic N) is 1. The summed E-state index contributed by atoms with van der Waals surface area (Å²) in [6.07, 6.45) is 5.64. The Morgan fingerprint density at radius 1 is 0.967 bits per heavy atom. The van der Waals surface area contributed by atoms with Crippen LogP contribution in [-0.4, -0.2) is 23.4 Å². The molecule has 6 nitrogen and oxygen atoms in total. The molecule has 0 atom stereocenters. The third-order valence-corrected chi connectivity index (χ3v) is 4.89. The van der Waals surface area contributed by atoms with Gasteiger partial charge in [-0.3, -0.25) is 14.6 Å². The van der Waals surface area contributed by atoms with Crippen LogP contribution in [0.4, 0.5) is 5.69 Å². The number of anilines is 1. The third-order valence-electron chi connectivity index (χ3n) is 4.89. The van der Waals surface area contributed by atoms with Crippen LogP contribution in [0.5, 0.6) is 5.75 Å². The summed E-state index contributed by atoms with van der Waals surface area (Å²) in [6.45, 7) is 1.02. The largest absolute Gasteiger partial charge is 0.492 e. The van der Waals surface area contributed by atoms with E-state index in [0.717, 1.165) is 5.56 Å². The average Bonchev–Trinajstić information content (AvgIpc) is 3.62. The van der Waals surface area contributed by atoms with Gasteiger partial charge in [0.1, 0.15) is 5.75 Å². The van der Waals surface area contributed by atoms with Crippen molar-refractivity contribution in [2.45, 2.75) is 19.4 Å². The first kappa shape index (κ1) is 19.6. The predicted molar refractivity (Wildman–Crippen MR) is 114 cm³/mol. The van der Waals surface area contributed by atoms with Gasteiger partial charge in [-0.05, 0) is 60.7 Å². The Labute approximate surface area is 175 Å². The zero-order valence-corrected chi connectivity index (χ0v) is 16.5. The number of benzene rings is 2. The molecule has 0 bridgehead atoms. The Kier molecular flexibility index (Phi) is 6.03. The fourth-order valence-electron chi connectivity index (χ4n) is 2.96. The maximum absolute atomic E-state index is 12.6. The van der Waals surface area contributed by atoms with Crippen LogP contribution in [0.3, 0.4) is 0 Å². The van der Waals surface area contributed by atoms with Gasteiger partial charge in [0.15, 0.2) is 0 Å². The number of hydrogen-bond acceptors (Lipinski definition) is 4. The highest BCUT2D eigenvalue weighted by Crippen LogP contribution is 2.30. The minimum Gasteiger partial charge on any atom is -0.492 e. The molecule has 0 saturated heterocycles. The van der Waals surface area contributed by atoms with E-state index < -0.39 is 0 Å². The zero-order valence-electron chi connectivity index (χ0n) is 16.5. The van der Waals surface area contributed by atoms with E-state index in [9.17, 15) is 9.59 Å². The molecule has 0 unspecified atom stereocenters. The third kappa shape index (κ3) is 5.23. The fourth-order valence-corrected chi connectivity index (χ4v) is 2.96. The topological polar surface area (TPSA) is 80.3 Å². The van der Waals surface area contributed by atoms with Gasteiger partial charge in [-0.15, -0.1) is 0 Å². The summed E-state index contributed by atoms with van der Waals surface area (Å²) in [5.74, 6) is 0.847. The van der Waals surface area contributed by atoms with Gasteiger partial charge in [0.2, 0.25) is 0 Å². The van der Waals surface area contributed by atoms with Gasteiger partial charge in [0.25, 0.3) is 11.8 Å². The number of para-hydroxylation sites is 1. The van der Waals surface area contributed by atoms with Crippen LogP contribution in [0.2, 0.25) is 0 Å². The summed E-state index contributed by atoms with van der Waals surface area (Å²) in [6, 6.07) is 18.0. The molecule has 3 aromatic rings. The van der Waals surface area contributed by atoms with Crippen LogP contribution >= 0.6 is 0 Å². The van der Waals surface area contributed by atoms with E-state index in [2.05, 4.69) is 15.6 Å². The number of aromatic nitrogens is 1. The van der Waals surface area contributed by atoms with E-state index in [1.165, 1.54) is 12.8 Å². The van der Waals surface area contributed by atoms with Crippen molar-refractivity contribution in [1.82, 2.24) is 10.3 Å². The molecule has 1 heterocycles. The molecule has 1 aliphatic rings. The molecule has 2 aromatic carbocycles. The molecule has 1 aliphatic carbocycles. The maximum Gasteiger partial charge on any atom is 0.255 e. The van der Waals surface area contributed by atoms with Gasteiger partial charge in [0.05, 0.1) is 24.1 Å². The van der Waals surface area contributed by atoms with Gasteiger partial charge in [0, 0.05) is 18.3 Å². The lowest BCUT2D eigenvalue weighted by Gasteiger charge is -2.12. The lowest BCUT2D eigenvalue weighted by Crippen LogP contribution is -2.23. The minimum atomic E-state index is -0.208. The summed E-state index contributed by atoms with van der Waals surface area (Å²) in [5, 5.41) is 5.71. The molecule has 6 heteroatoms. The number of rotatable bonds is 8. The Balaban J connectivity index is 1.33. The fraction of sp³-hybridized carbons (Fsp3) is 0.208. The van der Waals surface area contributed by atoms with Crippen molar-refractivity contribution in [2.75, 3.05) is 11.9 Å². The van der Waals surface area contributed by atoms with Crippen LogP contribution in [0.15, 0.2) is 73.1 Å². The zero-order chi connectivity index (χ0) is 20.8. The summed E-state index contributed by atoms with van der Waals surface area (Å²) in [7, 11) is 0. The Morgan fingerprint density at radius 3 is 2.50 bits per heavy atom. The van der Waals surface area contributed by atoms with Crippen LogP contribution in [-0.2, 0) is 6.54 Å². The van der Waals surface area contributed by atoms with E-state index in [-0.39, 0.29) is 11.8 Å². The maximum atomic E-state index is 12.6. The SMILES string of the molecule is O=C(Nc1cccnc1)c1ccc(CNC(=O)c2ccccc2OCC2CC2)cc1. The Bertz CT molecular complexity index is 1020. The first-order chi connectivity index (χ1) is 14.7. The van der Waals surface area contributed by atoms with Gasteiger partial charge in [-0.1, -0.05) is 24.3 Å². The number of carbonyl (C=O) groups excluding carboxylic acids is 2. The van der Waals surface area contributed by atoms with Crippen molar-refractivity contribution < 1.29 is 14.3 Å². The number of hydrogen-bond donors (Lipinski definition) is 2. The molecule has 4 rings (SSSR count). The number of amides is 2. The molecule has 0 spiro atoms. The van der Waals surface area contributed by atoms with Crippen LogP contribution in [0.1, 0.15) is 39.1 Å². The number of carbonyl (C=O) groups is 2.